The lowest BCUT2D eigenvalue weighted by molar-refractivity contribution is 0.0276. The van der Waals surface area contributed by atoms with E-state index < -0.39 is 5.60 Å². The number of hydrogen-bond acceptors (Lipinski definition) is 3. The minimum absolute atomic E-state index is 0.310. The third kappa shape index (κ3) is 7.34. The van der Waals surface area contributed by atoms with Crippen LogP contribution in [-0.2, 0) is 10.3 Å². The average molecular weight is 362 g/mol. The van der Waals surface area contributed by atoms with Crippen LogP contribution in [0.5, 0.6) is 0 Å². The molecule has 0 saturated heterocycles. The van der Waals surface area contributed by atoms with Crippen molar-refractivity contribution in [1.29, 1.82) is 0 Å². The number of benzene rings is 1. The van der Waals surface area contributed by atoms with Gasteiger partial charge in [-0.3, -0.25) is 0 Å². The average Bonchev–Trinajstić information content (AvgIpc) is 2.67. The molecule has 1 aliphatic carbocycles. The third-order valence-electron chi connectivity index (χ3n) is 4.80. The molecule has 5 heteroatoms. The standard InChI is InChI=1S/C21H35N3O2/c1-3-22-20(23-15-10-16-26-19-13-8-5-9-14-19)24-17-21(2,25)18-11-6-4-7-12-18/h4,6-7,11-12,19,25H,3,5,8-10,13-17H2,1-2H3,(H2,22,23,24). The second-order valence-corrected chi connectivity index (χ2v) is 7.25. The van der Waals surface area contributed by atoms with Gasteiger partial charge >= 0.3 is 0 Å². The number of aliphatic hydroxyl groups is 1. The highest BCUT2D eigenvalue weighted by Crippen LogP contribution is 2.21. The Balaban J connectivity index is 1.73. The van der Waals surface area contributed by atoms with Crippen LogP contribution in [0.4, 0.5) is 0 Å². The molecule has 3 N–H and O–H groups in total. The molecule has 0 heterocycles. The van der Waals surface area contributed by atoms with E-state index >= 15 is 0 Å². The molecule has 26 heavy (non-hydrogen) atoms. The van der Waals surface area contributed by atoms with Crippen molar-refractivity contribution in [2.75, 3.05) is 26.2 Å². The van der Waals surface area contributed by atoms with Gasteiger partial charge in [0.05, 0.1) is 12.6 Å². The lowest BCUT2D eigenvalue weighted by Gasteiger charge is -2.23. The van der Waals surface area contributed by atoms with E-state index in [9.17, 15) is 5.11 Å². The fourth-order valence-electron chi connectivity index (χ4n) is 3.22. The summed E-state index contributed by atoms with van der Waals surface area (Å²) in [5.41, 5.74) is -0.103. The van der Waals surface area contributed by atoms with Crippen LogP contribution in [0, 0.1) is 0 Å². The van der Waals surface area contributed by atoms with Gasteiger partial charge in [0, 0.05) is 19.7 Å². The number of aliphatic imine (C=N–C) groups is 1. The van der Waals surface area contributed by atoms with Gasteiger partial charge in [-0.2, -0.15) is 0 Å². The molecular weight excluding hydrogens is 326 g/mol. The summed E-state index contributed by atoms with van der Waals surface area (Å²) < 4.78 is 5.96. The summed E-state index contributed by atoms with van der Waals surface area (Å²) in [4.78, 5) is 4.55. The minimum atomic E-state index is -0.978. The summed E-state index contributed by atoms with van der Waals surface area (Å²) in [7, 11) is 0. The molecule has 146 valence electrons. The van der Waals surface area contributed by atoms with E-state index in [-0.39, 0.29) is 0 Å². The maximum absolute atomic E-state index is 10.7. The Bertz CT molecular complexity index is 525. The molecule has 0 aromatic heterocycles. The zero-order valence-corrected chi connectivity index (χ0v) is 16.3. The van der Waals surface area contributed by atoms with Crippen LogP contribution in [0.3, 0.4) is 0 Å². The van der Waals surface area contributed by atoms with Crippen LogP contribution in [0.2, 0.25) is 0 Å². The lowest BCUT2D eigenvalue weighted by atomic mass is 9.96. The Kier molecular flexibility index (Phi) is 8.92. The van der Waals surface area contributed by atoms with Gasteiger partial charge in [-0.25, -0.2) is 4.99 Å². The van der Waals surface area contributed by atoms with Crippen molar-refractivity contribution in [2.45, 2.75) is 64.1 Å². The molecule has 1 atom stereocenters. The fourth-order valence-corrected chi connectivity index (χ4v) is 3.22. The number of nitrogens with zero attached hydrogens (tertiary/aromatic N) is 1. The van der Waals surface area contributed by atoms with Gasteiger partial charge in [0.1, 0.15) is 5.60 Å². The Morgan fingerprint density at radius 1 is 1.19 bits per heavy atom. The summed E-state index contributed by atoms with van der Waals surface area (Å²) in [5, 5.41) is 17.2. The van der Waals surface area contributed by atoms with Crippen LogP contribution in [0.1, 0.15) is 57.9 Å². The highest BCUT2D eigenvalue weighted by atomic mass is 16.5. The smallest absolute Gasteiger partial charge is 0.191 e. The van der Waals surface area contributed by atoms with Gasteiger partial charge in [-0.1, -0.05) is 49.6 Å². The molecule has 1 aliphatic rings. The predicted molar refractivity (Wildman–Crippen MR) is 107 cm³/mol. The monoisotopic (exact) mass is 361 g/mol. The van der Waals surface area contributed by atoms with E-state index in [1.54, 1.807) is 6.92 Å². The summed E-state index contributed by atoms with van der Waals surface area (Å²) in [5.74, 6) is 0.737. The summed E-state index contributed by atoms with van der Waals surface area (Å²) >= 11 is 0. The van der Waals surface area contributed by atoms with Crippen LogP contribution >= 0.6 is 0 Å². The number of ether oxygens (including phenoxy) is 1. The van der Waals surface area contributed by atoms with E-state index in [2.05, 4.69) is 15.6 Å². The van der Waals surface area contributed by atoms with Crippen molar-refractivity contribution in [2.24, 2.45) is 4.99 Å². The maximum atomic E-state index is 10.7. The molecule has 2 rings (SSSR count). The number of hydrogen-bond donors (Lipinski definition) is 3. The van der Waals surface area contributed by atoms with Crippen LogP contribution in [0.25, 0.3) is 0 Å². The Morgan fingerprint density at radius 3 is 2.62 bits per heavy atom. The topological polar surface area (TPSA) is 65.9 Å². The second kappa shape index (κ2) is 11.2. The van der Waals surface area contributed by atoms with Gasteiger partial charge in [-0.15, -0.1) is 0 Å². The van der Waals surface area contributed by atoms with Crippen molar-refractivity contribution in [3.05, 3.63) is 35.9 Å². The number of rotatable bonds is 9. The molecule has 1 aromatic carbocycles. The predicted octanol–water partition coefficient (Wildman–Crippen LogP) is 3.19. The van der Waals surface area contributed by atoms with Crippen LogP contribution in [-0.4, -0.2) is 43.4 Å². The van der Waals surface area contributed by atoms with Crippen molar-refractivity contribution in [1.82, 2.24) is 10.6 Å². The molecule has 1 fully saturated rings. The first-order chi connectivity index (χ1) is 12.6. The molecule has 0 radical (unpaired) electrons. The van der Waals surface area contributed by atoms with Gasteiger partial charge < -0.3 is 20.5 Å². The van der Waals surface area contributed by atoms with Gasteiger partial charge in [-0.05, 0) is 38.7 Å². The first kappa shape index (κ1) is 20.7. The first-order valence-corrected chi connectivity index (χ1v) is 10.0. The largest absolute Gasteiger partial charge is 0.384 e. The summed E-state index contributed by atoms with van der Waals surface area (Å²) in [6.07, 6.45) is 7.82. The Morgan fingerprint density at radius 2 is 1.92 bits per heavy atom. The van der Waals surface area contributed by atoms with Crippen molar-refractivity contribution in [3.63, 3.8) is 0 Å². The van der Waals surface area contributed by atoms with Crippen molar-refractivity contribution in [3.8, 4) is 0 Å². The van der Waals surface area contributed by atoms with Crippen LogP contribution < -0.4 is 10.6 Å². The maximum Gasteiger partial charge on any atom is 0.191 e. The SMILES string of the molecule is CCNC(=NCC(C)(O)c1ccccc1)NCCCOC1CCCCC1. The summed E-state index contributed by atoms with van der Waals surface area (Å²) in [6, 6.07) is 9.67. The first-order valence-electron chi connectivity index (χ1n) is 10.0. The van der Waals surface area contributed by atoms with E-state index in [0.29, 0.717) is 12.6 Å². The van der Waals surface area contributed by atoms with E-state index in [1.807, 2.05) is 37.3 Å². The van der Waals surface area contributed by atoms with Gasteiger partial charge in [0.25, 0.3) is 0 Å². The van der Waals surface area contributed by atoms with Crippen molar-refractivity contribution >= 4 is 5.96 Å². The molecular formula is C21H35N3O2. The van der Waals surface area contributed by atoms with E-state index in [4.69, 9.17) is 4.74 Å². The molecule has 1 saturated carbocycles. The fraction of sp³-hybridized carbons (Fsp3) is 0.667. The third-order valence-corrected chi connectivity index (χ3v) is 4.80. The molecule has 0 spiro atoms. The Labute approximate surface area is 158 Å². The highest BCUT2D eigenvalue weighted by molar-refractivity contribution is 5.79. The lowest BCUT2D eigenvalue weighted by Crippen LogP contribution is -2.39. The summed E-state index contributed by atoms with van der Waals surface area (Å²) in [6.45, 7) is 6.54. The molecule has 0 amide bonds. The second-order valence-electron chi connectivity index (χ2n) is 7.25. The van der Waals surface area contributed by atoms with Gasteiger partial charge in [0.15, 0.2) is 5.96 Å². The molecule has 1 unspecified atom stereocenters. The molecule has 0 bridgehead atoms. The Hall–Kier alpha value is -1.59. The zero-order valence-electron chi connectivity index (χ0n) is 16.3. The van der Waals surface area contributed by atoms with E-state index in [1.165, 1.54) is 32.1 Å². The molecule has 0 aliphatic heterocycles. The highest BCUT2D eigenvalue weighted by Gasteiger charge is 2.22. The van der Waals surface area contributed by atoms with Gasteiger partial charge in [0.2, 0.25) is 0 Å². The quantitative estimate of drug-likeness (QED) is 0.359. The van der Waals surface area contributed by atoms with E-state index in [0.717, 1.165) is 37.6 Å². The molecule has 1 aromatic rings. The van der Waals surface area contributed by atoms with Crippen molar-refractivity contribution < 1.29 is 9.84 Å². The van der Waals surface area contributed by atoms with Crippen LogP contribution in [0.15, 0.2) is 35.3 Å². The zero-order chi connectivity index (χ0) is 18.7. The molecule has 5 nitrogen and oxygen atoms in total. The minimum Gasteiger partial charge on any atom is -0.384 e. The normalized spacial score (nSPS) is 18.3. The number of nitrogens with one attached hydrogen (secondary N) is 2. The number of guanidine groups is 1.